The van der Waals surface area contributed by atoms with Crippen LogP contribution in [0, 0.1) is 5.41 Å². The molecule has 2 rings (SSSR count). The van der Waals surface area contributed by atoms with Gasteiger partial charge in [0.1, 0.15) is 0 Å². The molecule has 2 aromatic carbocycles. The van der Waals surface area contributed by atoms with E-state index in [9.17, 15) is 14.4 Å². The van der Waals surface area contributed by atoms with Gasteiger partial charge in [-0.05, 0) is 42.0 Å². The molecule has 0 fully saturated rings. The van der Waals surface area contributed by atoms with Gasteiger partial charge in [-0.1, -0.05) is 32.9 Å². The normalized spacial score (nSPS) is 11.1. The fraction of sp³-hybridized carbons (Fsp3) is 0.238. The van der Waals surface area contributed by atoms with Crippen LogP contribution >= 0.6 is 0 Å². The molecule has 0 heterocycles. The van der Waals surface area contributed by atoms with E-state index in [0.29, 0.717) is 16.9 Å². The highest BCUT2D eigenvalue weighted by Gasteiger charge is 2.21. The Morgan fingerprint density at radius 1 is 0.857 bits per heavy atom. The number of carbonyl (C=O) groups is 3. The summed E-state index contributed by atoms with van der Waals surface area (Å²) in [7, 11) is 0. The van der Waals surface area contributed by atoms with Crippen LogP contribution in [0.1, 0.15) is 43.6 Å². The molecule has 0 aliphatic heterocycles. The topological polar surface area (TPSA) is 99.7 Å². The molecule has 0 aromatic heterocycles. The Morgan fingerprint density at radius 2 is 1.39 bits per heavy atom. The zero-order chi connectivity index (χ0) is 20.7. The van der Waals surface area contributed by atoms with Crippen molar-refractivity contribution in [2.24, 2.45) is 10.5 Å². The average Bonchev–Trinajstić information content (AvgIpc) is 2.62. The molecule has 0 aliphatic rings. The lowest BCUT2D eigenvalue weighted by molar-refractivity contribution is -0.123. The minimum Gasteiger partial charge on any atom is -0.326 e. The summed E-state index contributed by atoms with van der Waals surface area (Å²) in [5, 5.41) is 9.41. The van der Waals surface area contributed by atoms with Crippen LogP contribution in [0.3, 0.4) is 0 Å². The Balaban J connectivity index is 1.91. The molecule has 0 saturated carbocycles. The number of benzene rings is 2. The number of hydrazone groups is 1. The Hall–Kier alpha value is -3.48. The first-order chi connectivity index (χ1) is 13.1. The summed E-state index contributed by atoms with van der Waals surface area (Å²) >= 11 is 0. The second-order valence-electron chi connectivity index (χ2n) is 7.28. The van der Waals surface area contributed by atoms with Gasteiger partial charge in [0.15, 0.2) is 0 Å². The number of rotatable bonds is 5. The summed E-state index contributed by atoms with van der Waals surface area (Å²) < 4.78 is 0. The lowest BCUT2D eigenvalue weighted by atomic mass is 9.95. The maximum Gasteiger partial charge on any atom is 0.271 e. The van der Waals surface area contributed by atoms with Crippen LogP contribution in [-0.2, 0) is 9.59 Å². The zero-order valence-electron chi connectivity index (χ0n) is 16.4. The summed E-state index contributed by atoms with van der Waals surface area (Å²) in [6.45, 7) is 6.93. The van der Waals surface area contributed by atoms with E-state index in [1.807, 2.05) is 20.8 Å². The molecule has 3 amide bonds. The number of nitrogens with zero attached hydrogens (tertiary/aromatic N) is 1. The molecule has 146 valence electrons. The highest BCUT2D eigenvalue weighted by Crippen LogP contribution is 2.17. The molecule has 2 aromatic rings. The van der Waals surface area contributed by atoms with E-state index in [4.69, 9.17) is 0 Å². The van der Waals surface area contributed by atoms with Gasteiger partial charge in [-0.25, -0.2) is 5.43 Å². The lowest BCUT2D eigenvalue weighted by Gasteiger charge is -2.17. The van der Waals surface area contributed by atoms with E-state index in [-0.39, 0.29) is 17.7 Å². The standard InChI is InChI=1S/C21H24N4O3/c1-14(26)23-17-9-5-15(6-10-17)13-22-25-19(27)16-7-11-18(12-8-16)24-20(28)21(2,3)4/h5-13H,1-4H3,(H,23,26)(H,24,28)(H,25,27)/b22-13-. The van der Waals surface area contributed by atoms with Gasteiger partial charge in [-0.3, -0.25) is 14.4 Å². The maximum absolute atomic E-state index is 12.1. The maximum atomic E-state index is 12.1. The fourth-order valence-electron chi connectivity index (χ4n) is 2.11. The molecular weight excluding hydrogens is 356 g/mol. The third kappa shape index (κ3) is 6.35. The van der Waals surface area contributed by atoms with Crippen molar-refractivity contribution >= 4 is 35.3 Å². The fourth-order valence-corrected chi connectivity index (χ4v) is 2.11. The molecule has 3 N–H and O–H groups in total. The first-order valence-corrected chi connectivity index (χ1v) is 8.78. The molecule has 7 nitrogen and oxygen atoms in total. The molecule has 0 unspecified atom stereocenters. The predicted molar refractivity (Wildman–Crippen MR) is 110 cm³/mol. The van der Waals surface area contributed by atoms with Crippen LogP contribution < -0.4 is 16.1 Å². The van der Waals surface area contributed by atoms with Crippen molar-refractivity contribution in [1.29, 1.82) is 0 Å². The van der Waals surface area contributed by atoms with Crippen LogP contribution in [-0.4, -0.2) is 23.9 Å². The summed E-state index contributed by atoms with van der Waals surface area (Å²) in [5.41, 5.74) is 4.46. The number of amides is 3. The average molecular weight is 380 g/mol. The molecular formula is C21H24N4O3. The molecule has 0 radical (unpaired) electrons. The minimum absolute atomic E-state index is 0.0983. The van der Waals surface area contributed by atoms with E-state index in [1.165, 1.54) is 13.1 Å². The number of carbonyl (C=O) groups excluding carboxylic acids is 3. The van der Waals surface area contributed by atoms with Gasteiger partial charge in [-0.15, -0.1) is 0 Å². The highest BCUT2D eigenvalue weighted by atomic mass is 16.2. The number of hydrogen-bond acceptors (Lipinski definition) is 4. The molecule has 0 aliphatic carbocycles. The quantitative estimate of drug-likeness (QED) is 0.547. The van der Waals surface area contributed by atoms with Crippen LogP contribution in [0.15, 0.2) is 53.6 Å². The second kappa shape index (κ2) is 8.94. The summed E-state index contributed by atoms with van der Waals surface area (Å²) in [5.74, 6) is -0.601. The van der Waals surface area contributed by atoms with Crippen molar-refractivity contribution in [3.05, 3.63) is 59.7 Å². The summed E-state index contributed by atoms with van der Waals surface area (Å²) in [6, 6.07) is 13.6. The van der Waals surface area contributed by atoms with Gasteiger partial charge >= 0.3 is 0 Å². The van der Waals surface area contributed by atoms with Gasteiger partial charge < -0.3 is 10.6 Å². The van der Waals surface area contributed by atoms with E-state index < -0.39 is 5.41 Å². The molecule has 0 bridgehead atoms. The van der Waals surface area contributed by atoms with Crippen molar-refractivity contribution in [3.8, 4) is 0 Å². The van der Waals surface area contributed by atoms with Gasteiger partial charge in [0.25, 0.3) is 5.91 Å². The van der Waals surface area contributed by atoms with Crippen LogP contribution in [0.5, 0.6) is 0 Å². The van der Waals surface area contributed by atoms with Crippen molar-refractivity contribution in [1.82, 2.24) is 5.43 Å². The van der Waals surface area contributed by atoms with E-state index in [1.54, 1.807) is 48.5 Å². The Kier molecular flexibility index (Phi) is 6.65. The van der Waals surface area contributed by atoms with Gasteiger partial charge in [0.05, 0.1) is 6.21 Å². The first kappa shape index (κ1) is 20.8. The Morgan fingerprint density at radius 3 is 1.93 bits per heavy atom. The first-order valence-electron chi connectivity index (χ1n) is 8.78. The lowest BCUT2D eigenvalue weighted by Crippen LogP contribution is -2.27. The second-order valence-corrected chi connectivity index (χ2v) is 7.28. The Labute approximate surface area is 164 Å². The molecule has 0 spiro atoms. The highest BCUT2D eigenvalue weighted by molar-refractivity contribution is 5.97. The van der Waals surface area contributed by atoms with Gasteiger partial charge in [0, 0.05) is 29.3 Å². The third-order valence-corrected chi connectivity index (χ3v) is 3.70. The molecule has 0 atom stereocenters. The zero-order valence-corrected chi connectivity index (χ0v) is 16.4. The van der Waals surface area contributed by atoms with E-state index in [0.717, 1.165) is 5.56 Å². The predicted octanol–water partition coefficient (Wildman–Crippen LogP) is 3.39. The van der Waals surface area contributed by atoms with Crippen molar-refractivity contribution in [2.75, 3.05) is 10.6 Å². The summed E-state index contributed by atoms with van der Waals surface area (Å²) in [6.07, 6.45) is 1.51. The van der Waals surface area contributed by atoms with Crippen LogP contribution in [0.2, 0.25) is 0 Å². The third-order valence-electron chi connectivity index (χ3n) is 3.70. The van der Waals surface area contributed by atoms with Gasteiger partial charge in [-0.2, -0.15) is 5.10 Å². The van der Waals surface area contributed by atoms with Crippen LogP contribution in [0.4, 0.5) is 11.4 Å². The molecule has 28 heavy (non-hydrogen) atoms. The molecule has 7 heteroatoms. The van der Waals surface area contributed by atoms with Crippen molar-refractivity contribution in [2.45, 2.75) is 27.7 Å². The minimum atomic E-state index is -0.495. The van der Waals surface area contributed by atoms with Crippen LogP contribution in [0.25, 0.3) is 0 Å². The van der Waals surface area contributed by atoms with Gasteiger partial charge in [0.2, 0.25) is 11.8 Å². The summed E-state index contributed by atoms with van der Waals surface area (Å²) in [4.78, 5) is 35.1. The SMILES string of the molecule is CC(=O)Nc1ccc(/C=N\NC(=O)c2ccc(NC(=O)C(C)(C)C)cc2)cc1. The monoisotopic (exact) mass is 380 g/mol. The van der Waals surface area contributed by atoms with E-state index >= 15 is 0 Å². The number of anilines is 2. The number of nitrogens with one attached hydrogen (secondary N) is 3. The van der Waals surface area contributed by atoms with E-state index in [2.05, 4.69) is 21.2 Å². The smallest absolute Gasteiger partial charge is 0.271 e. The van der Waals surface area contributed by atoms with Crippen molar-refractivity contribution < 1.29 is 14.4 Å². The van der Waals surface area contributed by atoms with Crippen molar-refractivity contribution in [3.63, 3.8) is 0 Å². The number of hydrogen-bond donors (Lipinski definition) is 3. The molecule has 0 saturated heterocycles. The Bertz CT molecular complexity index is 879. The largest absolute Gasteiger partial charge is 0.326 e.